The molecule has 5 heteroatoms. The fourth-order valence-electron chi connectivity index (χ4n) is 2.54. The topological polar surface area (TPSA) is 58.4 Å². The molecule has 1 atom stereocenters. The van der Waals surface area contributed by atoms with Crippen molar-refractivity contribution in [1.82, 2.24) is 4.90 Å². The number of hydrogen-bond acceptors (Lipinski definition) is 3. The lowest BCUT2D eigenvalue weighted by Gasteiger charge is -2.31. The van der Waals surface area contributed by atoms with Crippen LogP contribution < -0.4 is 11.1 Å². The molecule has 0 aliphatic carbocycles. The van der Waals surface area contributed by atoms with Gasteiger partial charge in [-0.15, -0.1) is 0 Å². The number of hydrogen-bond donors (Lipinski definition) is 2. The van der Waals surface area contributed by atoms with Crippen molar-refractivity contribution in [2.75, 3.05) is 25.0 Å². The Hall–Kier alpha value is -1.46. The normalized spacial score (nSPS) is 19.6. The first-order chi connectivity index (χ1) is 9.56. The first kappa shape index (κ1) is 14.9. The predicted octanol–water partition coefficient (Wildman–Crippen LogP) is 1.93. The summed E-state index contributed by atoms with van der Waals surface area (Å²) >= 11 is 5.05. The zero-order valence-electron chi connectivity index (χ0n) is 11.8. The summed E-state index contributed by atoms with van der Waals surface area (Å²) in [6, 6.07) is 7.79. The Balaban J connectivity index is 1.88. The van der Waals surface area contributed by atoms with Crippen molar-refractivity contribution in [2.45, 2.75) is 19.8 Å². The molecule has 1 aromatic rings. The van der Waals surface area contributed by atoms with Crippen LogP contribution in [0.4, 0.5) is 5.69 Å². The molecule has 1 unspecified atom stereocenters. The van der Waals surface area contributed by atoms with E-state index in [1.54, 1.807) is 0 Å². The van der Waals surface area contributed by atoms with Gasteiger partial charge in [-0.1, -0.05) is 30.4 Å². The second kappa shape index (κ2) is 6.81. The summed E-state index contributed by atoms with van der Waals surface area (Å²) in [7, 11) is 0. The average Bonchev–Trinajstić information content (AvgIpc) is 2.41. The number of nitrogens with one attached hydrogen (secondary N) is 1. The van der Waals surface area contributed by atoms with Crippen LogP contribution in [0.5, 0.6) is 0 Å². The van der Waals surface area contributed by atoms with Crippen molar-refractivity contribution in [1.29, 1.82) is 0 Å². The Bertz CT molecular complexity index is 504. The van der Waals surface area contributed by atoms with E-state index in [2.05, 4.69) is 10.2 Å². The number of rotatable bonds is 4. The van der Waals surface area contributed by atoms with E-state index < -0.39 is 0 Å². The molecule has 1 saturated heterocycles. The Morgan fingerprint density at radius 1 is 1.50 bits per heavy atom. The highest BCUT2D eigenvalue weighted by molar-refractivity contribution is 7.80. The maximum absolute atomic E-state index is 12.1. The third-order valence-corrected chi connectivity index (χ3v) is 4.03. The van der Waals surface area contributed by atoms with Gasteiger partial charge in [-0.05, 0) is 37.9 Å². The van der Waals surface area contributed by atoms with E-state index in [0.717, 1.165) is 37.2 Å². The highest BCUT2D eigenvalue weighted by atomic mass is 32.1. The largest absolute Gasteiger partial charge is 0.393 e. The maximum Gasteiger partial charge on any atom is 0.238 e. The lowest BCUT2D eigenvalue weighted by Crippen LogP contribution is -2.43. The zero-order valence-corrected chi connectivity index (χ0v) is 12.6. The fraction of sp³-hybridized carbons (Fsp3) is 0.467. The Morgan fingerprint density at radius 2 is 2.25 bits per heavy atom. The molecule has 108 valence electrons. The summed E-state index contributed by atoms with van der Waals surface area (Å²) in [6.07, 6.45) is 2.07. The van der Waals surface area contributed by atoms with Crippen LogP contribution in [-0.2, 0) is 4.79 Å². The van der Waals surface area contributed by atoms with Gasteiger partial charge in [0, 0.05) is 18.2 Å². The molecule has 1 aliphatic rings. The standard InChI is InChI=1S/C15H21N3OS/c1-11-5-2-3-7-13(11)17-14(19)10-18-8-4-6-12(9-18)15(16)20/h2-3,5,7,12H,4,6,8-10H2,1H3,(H2,16,20)(H,17,19). The average molecular weight is 291 g/mol. The smallest absolute Gasteiger partial charge is 0.238 e. The lowest BCUT2D eigenvalue weighted by molar-refractivity contribution is -0.117. The number of anilines is 1. The molecular weight excluding hydrogens is 270 g/mol. The quantitative estimate of drug-likeness (QED) is 0.832. The number of carbonyl (C=O) groups is 1. The van der Waals surface area contributed by atoms with Gasteiger partial charge in [0.2, 0.25) is 5.91 Å². The number of carbonyl (C=O) groups excluding carboxylic acids is 1. The van der Waals surface area contributed by atoms with E-state index in [4.69, 9.17) is 18.0 Å². The molecule has 2 rings (SSSR count). The molecular formula is C15H21N3OS. The van der Waals surface area contributed by atoms with Gasteiger partial charge in [-0.25, -0.2) is 0 Å². The summed E-state index contributed by atoms with van der Waals surface area (Å²) < 4.78 is 0. The Morgan fingerprint density at radius 3 is 2.95 bits per heavy atom. The molecule has 0 radical (unpaired) electrons. The fourth-order valence-corrected chi connectivity index (χ4v) is 2.73. The number of likely N-dealkylation sites (tertiary alicyclic amines) is 1. The van der Waals surface area contributed by atoms with Gasteiger partial charge in [0.25, 0.3) is 0 Å². The van der Waals surface area contributed by atoms with Crippen LogP contribution in [0.15, 0.2) is 24.3 Å². The summed E-state index contributed by atoms with van der Waals surface area (Å²) in [5.41, 5.74) is 7.65. The second-order valence-corrected chi connectivity index (χ2v) is 5.81. The highest BCUT2D eigenvalue weighted by Crippen LogP contribution is 2.17. The third-order valence-electron chi connectivity index (χ3n) is 3.69. The molecule has 0 spiro atoms. The number of aryl methyl sites for hydroxylation is 1. The monoisotopic (exact) mass is 291 g/mol. The lowest BCUT2D eigenvalue weighted by atomic mass is 9.98. The highest BCUT2D eigenvalue weighted by Gasteiger charge is 2.23. The van der Waals surface area contributed by atoms with Crippen LogP contribution in [0.2, 0.25) is 0 Å². The van der Waals surface area contributed by atoms with E-state index >= 15 is 0 Å². The first-order valence-electron chi connectivity index (χ1n) is 6.93. The summed E-state index contributed by atoms with van der Waals surface area (Å²) in [4.78, 5) is 14.8. The van der Waals surface area contributed by atoms with E-state index in [-0.39, 0.29) is 11.8 Å². The Kier molecular flexibility index (Phi) is 5.09. The van der Waals surface area contributed by atoms with Crippen molar-refractivity contribution < 1.29 is 4.79 Å². The SMILES string of the molecule is Cc1ccccc1NC(=O)CN1CCCC(C(N)=S)C1. The van der Waals surface area contributed by atoms with Crippen LogP contribution in [-0.4, -0.2) is 35.4 Å². The molecule has 0 aromatic heterocycles. The van der Waals surface area contributed by atoms with Gasteiger partial charge in [0.05, 0.1) is 11.5 Å². The maximum atomic E-state index is 12.1. The van der Waals surface area contributed by atoms with Gasteiger partial charge in [0.15, 0.2) is 0 Å². The minimum atomic E-state index is 0.0166. The molecule has 1 aliphatic heterocycles. The van der Waals surface area contributed by atoms with Crippen molar-refractivity contribution in [2.24, 2.45) is 11.7 Å². The predicted molar refractivity (Wildman–Crippen MR) is 85.8 cm³/mol. The minimum Gasteiger partial charge on any atom is -0.393 e. The van der Waals surface area contributed by atoms with Gasteiger partial charge in [0.1, 0.15) is 0 Å². The van der Waals surface area contributed by atoms with Crippen LogP contribution in [0.3, 0.4) is 0 Å². The number of piperidine rings is 1. The second-order valence-electron chi connectivity index (χ2n) is 5.34. The number of para-hydroxylation sites is 1. The molecule has 1 heterocycles. The number of thiocarbonyl (C=S) groups is 1. The van der Waals surface area contributed by atoms with E-state index in [1.807, 2.05) is 31.2 Å². The van der Waals surface area contributed by atoms with Crippen molar-refractivity contribution in [3.63, 3.8) is 0 Å². The van der Waals surface area contributed by atoms with Gasteiger partial charge in [-0.2, -0.15) is 0 Å². The molecule has 3 N–H and O–H groups in total. The van der Waals surface area contributed by atoms with Gasteiger partial charge < -0.3 is 11.1 Å². The molecule has 1 aromatic carbocycles. The number of amides is 1. The molecule has 1 fully saturated rings. The zero-order chi connectivity index (χ0) is 14.5. The van der Waals surface area contributed by atoms with Crippen molar-refractivity contribution in [3.05, 3.63) is 29.8 Å². The van der Waals surface area contributed by atoms with Crippen molar-refractivity contribution >= 4 is 28.8 Å². The molecule has 4 nitrogen and oxygen atoms in total. The summed E-state index contributed by atoms with van der Waals surface area (Å²) in [6.45, 7) is 4.10. The first-order valence-corrected chi connectivity index (χ1v) is 7.34. The summed E-state index contributed by atoms with van der Waals surface area (Å²) in [5.74, 6) is 0.257. The number of nitrogens with zero attached hydrogens (tertiary/aromatic N) is 1. The molecule has 20 heavy (non-hydrogen) atoms. The number of benzene rings is 1. The van der Waals surface area contributed by atoms with Crippen LogP contribution in [0.1, 0.15) is 18.4 Å². The number of nitrogens with two attached hydrogens (primary N) is 1. The third kappa shape index (κ3) is 4.02. The van der Waals surface area contributed by atoms with E-state index in [0.29, 0.717) is 11.5 Å². The molecule has 0 bridgehead atoms. The van der Waals surface area contributed by atoms with Crippen LogP contribution in [0.25, 0.3) is 0 Å². The van der Waals surface area contributed by atoms with Crippen LogP contribution >= 0.6 is 12.2 Å². The van der Waals surface area contributed by atoms with Crippen LogP contribution in [0, 0.1) is 12.8 Å². The molecule has 0 saturated carbocycles. The minimum absolute atomic E-state index is 0.0166. The van der Waals surface area contributed by atoms with E-state index in [9.17, 15) is 4.79 Å². The van der Waals surface area contributed by atoms with Gasteiger partial charge >= 0.3 is 0 Å². The van der Waals surface area contributed by atoms with Gasteiger partial charge in [-0.3, -0.25) is 9.69 Å². The van der Waals surface area contributed by atoms with E-state index in [1.165, 1.54) is 0 Å². The summed E-state index contributed by atoms with van der Waals surface area (Å²) in [5, 5.41) is 2.96. The Labute approximate surface area is 125 Å². The van der Waals surface area contributed by atoms with Crippen molar-refractivity contribution in [3.8, 4) is 0 Å². The molecule has 1 amide bonds.